The van der Waals surface area contributed by atoms with Crippen LogP contribution in [0.2, 0.25) is 0 Å². The minimum atomic E-state index is -0.213. The molecule has 2 aromatic rings. The fraction of sp³-hybridized carbons (Fsp3) is 0.526. The van der Waals surface area contributed by atoms with Crippen LogP contribution in [0.4, 0.5) is 10.5 Å². The first-order valence-corrected chi connectivity index (χ1v) is 9.14. The molecular weight excluding hydrogens is 316 g/mol. The third-order valence-corrected chi connectivity index (χ3v) is 5.13. The van der Waals surface area contributed by atoms with Gasteiger partial charge in [-0.05, 0) is 24.5 Å². The lowest BCUT2D eigenvalue weighted by molar-refractivity contribution is 0.240. The largest absolute Gasteiger partial charge is 0.339 e. The smallest absolute Gasteiger partial charge is 0.322 e. The quantitative estimate of drug-likeness (QED) is 0.918. The van der Waals surface area contributed by atoms with E-state index in [1.807, 2.05) is 36.9 Å². The zero-order chi connectivity index (χ0) is 17.4. The van der Waals surface area contributed by atoms with Crippen LogP contribution in [0.15, 0.2) is 28.8 Å². The van der Waals surface area contributed by atoms with Gasteiger partial charge in [0, 0.05) is 24.1 Å². The number of anilines is 1. The van der Waals surface area contributed by atoms with E-state index < -0.39 is 0 Å². The summed E-state index contributed by atoms with van der Waals surface area (Å²) in [6.07, 6.45) is 5.21. The summed E-state index contributed by atoms with van der Waals surface area (Å²) in [5.74, 6) is 1.37. The van der Waals surface area contributed by atoms with Gasteiger partial charge < -0.3 is 9.84 Å². The van der Waals surface area contributed by atoms with Crippen molar-refractivity contribution in [3.8, 4) is 0 Å². The summed E-state index contributed by atoms with van der Waals surface area (Å²) in [7, 11) is 0. The van der Waals surface area contributed by atoms with E-state index in [0.717, 1.165) is 24.1 Å². The van der Waals surface area contributed by atoms with E-state index >= 15 is 0 Å². The van der Waals surface area contributed by atoms with Crippen LogP contribution >= 0.6 is 0 Å². The van der Waals surface area contributed by atoms with Crippen molar-refractivity contribution in [3.63, 3.8) is 0 Å². The van der Waals surface area contributed by atoms with Gasteiger partial charge in [0.25, 0.3) is 0 Å². The number of para-hydroxylation sites is 1. The fourth-order valence-corrected chi connectivity index (χ4v) is 3.78. The average molecular weight is 340 g/mol. The second-order valence-electron chi connectivity index (χ2n) is 7.30. The topological polar surface area (TPSA) is 71.3 Å². The van der Waals surface area contributed by atoms with Crippen molar-refractivity contribution in [2.45, 2.75) is 64.0 Å². The number of carbonyl (C=O) groups excluding carboxylic acids is 1. The van der Waals surface area contributed by atoms with Crippen LogP contribution < -0.4 is 10.2 Å². The fourth-order valence-electron chi connectivity index (χ4n) is 3.78. The first-order chi connectivity index (χ1) is 12.1. The number of aromatic nitrogens is 2. The van der Waals surface area contributed by atoms with Crippen LogP contribution in [-0.2, 0) is 6.42 Å². The summed E-state index contributed by atoms with van der Waals surface area (Å²) >= 11 is 0. The van der Waals surface area contributed by atoms with E-state index in [4.69, 9.17) is 4.52 Å². The molecule has 0 radical (unpaired) electrons. The van der Waals surface area contributed by atoms with Crippen LogP contribution in [0.25, 0.3) is 0 Å². The Balaban J connectivity index is 1.64. The van der Waals surface area contributed by atoms with Crippen LogP contribution in [-0.4, -0.2) is 22.2 Å². The summed E-state index contributed by atoms with van der Waals surface area (Å²) in [5.41, 5.74) is 2.09. The SMILES string of the molecule is CC(C)c1nc(C2Cc3ccccc3N2C(=O)NC2CCCC2)no1. The highest BCUT2D eigenvalue weighted by Crippen LogP contribution is 2.39. The third kappa shape index (κ3) is 3.01. The minimum Gasteiger partial charge on any atom is -0.339 e. The third-order valence-electron chi connectivity index (χ3n) is 5.13. The molecule has 1 aliphatic heterocycles. The number of carbonyl (C=O) groups is 1. The monoisotopic (exact) mass is 340 g/mol. The van der Waals surface area contributed by atoms with Crippen molar-refractivity contribution in [3.05, 3.63) is 41.5 Å². The van der Waals surface area contributed by atoms with Crippen molar-refractivity contribution in [1.82, 2.24) is 15.5 Å². The molecular formula is C19H24N4O2. The van der Waals surface area contributed by atoms with E-state index in [9.17, 15) is 4.79 Å². The Bertz CT molecular complexity index is 764. The molecule has 1 aromatic heterocycles. The molecule has 1 aliphatic carbocycles. The molecule has 132 valence electrons. The number of benzene rings is 1. The van der Waals surface area contributed by atoms with Crippen LogP contribution in [0.1, 0.15) is 68.8 Å². The maximum atomic E-state index is 13.0. The maximum Gasteiger partial charge on any atom is 0.322 e. The molecule has 1 atom stereocenters. The van der Waals surface area contributed by atoms with Gasteiger partial charge in [-0.15, -0.1) is 0 Å². The Morgan fingerprint density at radius 2 is 2.04 bits per heavy atom. The van der Waals surface area contributed by atoms with E-state index in [-0.39, 0.29) is 24.0 Å². The Kier molecular flexibility index (Phi) is 4.19. The van der Waals surface area contributed by atoms with E-state index in [0.29, 0.717) is 18.1 Å². The number of rotatable bonds is 3. The van der Waals surface area contributed by atoms with E-state index in [2.05, 4.69) is 21.5 Å². The summed E-state index contributed by atoms with van der Waals surface area (Å²) in [4.78, 5) is 19.4. The molecule has 1 unspecified atom stereocenters. The van der Waals surface area contributed by atoms with Crippen LogP contribution in [0.5, 0.6) is 0 Å². The van der Waals surface area contributed by atoms with Gasteiger partial charge in [0.2, 0.25) is 5.89 Å². The molecule has 2 amide bonds. The lowest BCUT2D eigenvalue weighted by Gasteiger charge is -2.25. The number of nitrogens with one attached hydrogen (secondary N) is 1. The highest BCUT2D eigenvalue weighted by atomic mass is 16.5. The Labute approximate surface area is 147 Å². The Morgan fingerprint density at radius 3 is 2.76 bits per heavy atom. The predicted octanol–water partition coefficient (Wildman–Crippen LogP) is 3.95. The van der Waals surface area contributed by atoms with Gasteiger partial charge in [0.05, 0.1) is 0 Å². The number of hydrogen-bond acceptors (Lipinski definition) is 4. The molecule has 2 aliphatic rings. The normalized spacial score (nSPS) is 20.3. The summed E-state index contributed by atoms with van der Waals surface area (Å²) in [6, 6.07) is 8.03. The standard InChI is InChI=1S/C19H24N4O2/c1-12(2)18-21-17(22-25-18)16-11-13-7-3-6-10-15(13)23(16)19(24)20-14-8-4-5-9-14/h3,6-7,10,12,14,16H,4-5,8-9,11H2,1-2H3,(H,20,24). The van der Waals surface area contributed by atoms with Crippen molar-refractivity contribution in [2.24, 2.45) is 0 Å². The number of urea groups is 1. The number of nitrogens with zero attached hydrogens (tertiary/aromatic N) is 3. The first-order valence-electron chi connectivity index (χ1n) is 9.14. The van der Waals surface area contributed by atoms with E-state index in [1.54, 1.807) is 0 Å². The van der Waals surface area contributed by atoms with Gasteiger partial charge >= 0.3 is 6.03 Å². The molecule has 1 fully saturated rings. The number of amides is 2. The molecule has 0 saturated heterocycles. The molecule has 25 heavy (non-hydrogen) atoms. The number of fused-ring (bicyclic) bond motifs is 1. The first kappa shape index (κ1) is 16.1. The second-order valence-corrected chi connectivity index (χ2v) is 7.30. The molecule has 6 nitrogen and oxygen atoms in total. The van der Waals surface area contributed by atoms with E-state index in [1.165, 1.54) is 12.8 Å². The molecule has 2 heterocycles. The maximum absolute atomic E-state index is 13.0. The molecule has 1 aromatic carbocycles. The zero-order valence-corrected chi connectivity index (χ0v) is 14.7. The molecule has 0 bridgehead atoms. The number of hydrogen-bond donors (Lipinski definition) is 1. The molecule has 1 N–H and O–H groups in total. The highest BCUT2D eigenvalue weighted by Gasteiger charge is 2.38. The molecule has 0 spiro atoms. The zero-order valence-electron chi connectivity index (χ0n) is 14.7. The van der Waals surface area contributed by atoms with Gasteiger partial charge in [-0.25, -0.2) is 4.79 Å². The lowest BCUT2D eigenvalue weighted by atomic mass is 10.1. The van der Waals surface area contributed by atoms with Crippen LogP contribution in [0.3, 0.4) is 0 Å². The Hall–Kier alpha value is -2.37. The van der Waals surface area contributed by atoms with Crippen molar-refractivity contribution >= 4 is 11.7 Å². The van der Waals surface area contributed by atoms with Gasteiger partial charge in [-0.2, -0.15) is 4.98 Å². The van der Waals surface area contributed by atoms with Gasteiger partial charge in [-0.1, -0.05) is 50.0 Å². The Morgan fingerprint density at radius 1 is 1.28 bits per heavy atom. The minimum absolute atomic E-state index is 0.0576. The highest BCUT2D eigenvalue weighted by molar-refractivity contribution is 5.95. The van der Waals surface area contributed by atoms with Crippen molar-refractivity contribution < 1.29 is 9.32 Å². The lowest BCUT2D eigenvalue weighted by Crippen LogP contribution is -2.44. The van der Waals surface area contributed by atoms with Crippen molar-refractivity contribution in [2.75, 3.05) is 4.90 Å². The average Bonchev–Trinajstić information content (AvgIpc) is 3.33. The van der Waals surface area contributed by atoms with Gasteiger partial charge in [0.1, 0.15) is 6.04 Å². The van der Waals surface area contributed by atoms with Gasteiger partial charge in [0.15, 0.2) is 5.82 Å². The summed E-state index contributed by atoms with van der Waals surface area (Å²) < 4.78 is 5.38. The summed E-state index contributed by atoms with van der Waals surface area (Å²) in [6.45, 7) is 4.04. The molecule has 1 saturated carbocycles. The predicted molar refractivity (Wildman–Crippen MR) is 94.5 cm³/mol. The van der Waals surface area contributed by atoms with Gasteiger partial charge in [-0.3, -0.25) is 4.90 Å². The molecule has 4 rings (SSSR count). The molecule has 6 heteroatoms. The summed E-state index contributed by atoms with van der Waals surface area (Å²) in [5, 5.41) is 7.35. The van der Waals surface area contributed by atoms with Crippen LogP contribution in [0, 0.1) is 0 Å². The second kappa shape index (κ2) is 6.50. The van der Waals surface area contributed by atoms with Crippen molar-refractivity contribution in [1.29, 1.82) is 0 Å².